The van der Waals surface area contributed by atoms with Crippen molar-refractivity contribution >= 4 is 17.1 Å². The average molecular weight is 302 g/mol. The van der Waals surface area contributed by atoms with Crippen molar-refractivity contribution in [3.05, 3.63) is 35.9 Å². The zero-order chi connectivity index (χ0) is 16.3. The first-order valence-electron chi connectivity index (χ1n) is 6.66. The van der Waals surface area contributed by atoms with E-state index in [0.717, 1.165) is 0 Å². The van der Waals surface area contributed by atoms with Crippen LogP contribution in [0, 0.1) is 0 Å². The Labute approximate surface area is 128 Å². The molecule has 0 aliphatic heterocycles. The summed E-state index contributed by atoms with van der Waals surface area (Å²) in [4.78, 5) is 11.3. The molecular formula is C17H18O5. The Bertz CT molecular complexity index is 734. The standard InChI is InChI=1S/C17H18O5/c1-5-6-11-10(9-18)7-12-13(20-2)8-14(21-3)17(22-4)15(12)16(11)19/h5,7-9,19H,1,6H2,2-4H3. The van der Waals surface area contributed by atoms with Crippen molar-refractivity contribution in [2.45, 2.75) is 6.42 Å². The summed E-state index contributed by atoms with van der Waals surface area (Å²) in [6, 6.07) is 3.32. The molecule has 0 atom stereocenters. The summed E-state index contributed by atoms with van der Waals surface area (Å²) in [6.45, 7) is 3.65. The molecule has 0 amide bonds. The smallest absolute Gasteiger partial charge is 0.172 e. The fourth-order valence-corrected chi connectivity index (χ4v) is 2.53. The lowest BCUT2D eigenvalue weighted by Crippen LogP contribution is -1.99. The number of rotatable bonds is 6. The molecule has 0 aliphatic carbocycles. The Morgan fingerprint density at radius 2 is 1.82 bits per heavy atom. The minimum Gasteiger partial charge on any atom is -0.507 e. The lowest BCUT2D eigenvalue weighted by atomic mass is 9.96. The quantitative estimate of drug-likeness (QED) is 0.656. The van der Waals surface area contributed by atoms with Crippen LogP contribution in [0.25, 0.3) is 10.8 Å². The van der Waals surface area contributed by atoms with E-state index in [2.05, 4.69) is 6.58 Å². The van der Waals surface area contributed by atoms with Crippen LogP contribution in [0.15, 0.2) is 24.8 Å². The van der Waals surface area contributed by atoms with Crippen LogP contribution >= 0.6 is 0 Å². The zero-order valence-corrected chi connectivity index (χ0v) is 12.8. The van der Waals surface area contributed by atoms with E-state index in [0.29, 0.717) is 51.9 Å². The fraction of sp³-hybridized carbons (Fsp3) is 0.235. The molecule has 5 nitrogen and oxygen atoms in total. The van der Waals surface area contributed by atoms with Crippen LogP contribution < -0.4 is 14.2 Å². The van der Waals surface area contributed by atoms with E-state index in [1.54, 1.807) is 18.2 Å². The SMILES string of the molecule is C=CCc1c(C=O)cc2c(OC)cc(OC)c(OC)c2c1O. The van der Waals surface area contributed by atoms with Crippen LogP contribution in [0.4, 0.5) is 0 Å². The third kappa shape index (κ3) is 2.35. The molecule has 2 aromatic carbocycles. The van der Waals surface area contributed by atoms with E-state index in [1.165, 1.54) is 21.3 Å². The average Bonchev–Trinajstić information content (AvgIpc) is 2.55. The van der Waals surface area contributed by atoms with Gasteiger partial charge >= 0.3 is 0 Å². The molecule has 116 valence electrons. The molecule has 0 aliphatic rings. The van der Waals surface area contributed by atoms with Crippen molar-refractivity contribution in [1.82, 2.24) is 0 Å². The lowest BCUT2D eigenvalue weighted by molar-refractivity contribution is 0.112. The predicted molar refractivity (Wildman–Crippen MR) is 84.6 cm³/mol. The summed E-state index contributed by atoms with van der Waals surface area (Å²) < 4.78 is 16.0. The normalized spacial score (nSPS) is 10.3. The first kappa shape index (κ1) is 15.7. The number of hydrogen-bond acceptors (Lipinski definition) is 5. The summed E-state index contributed by atoms with van der Waals surface area (Å²) in [5, 5.41) is 11.7. The van der Waals surface area contributed by atoms with Crippen molar-refractivity contribution in [3.63, 3.8) is 0 Å². The summed E-state index contributed by atoms with van der Waals surface area (Å²) >= 11 is 0. The Hall–Kier alpha value is -2.69. The number of phenols is 1. The number of allylic oxidation sites excluding steroid dienone is 1. The highest BCUT2D eigenvalue weighted by Crippen LogP contribution is 2.47. The molecule has 0 saturated carbocycles. The van der Waals surface area contributed by atoms with Gasteiger partial charge in [0.2, 0.25) is 0 Å². The minimum absolute atomic E-state index is 0.0337. The summed E-state index contributed by atoms with van der Waals surface area (Å²) in [6.07, 6.45) is 2.68. The molecule has 22 heavy (non-hydrogen) atoms. The van der Waals surface area contributed by atoms with Crippen molar-refractivity contribution in [2.75, 3.05) is 21.3 Å². The van der Waals surface area contributed by atoms with E-state index in [-0.39, 0.29) is 5.75 Å². The Balaban J connectivity index is 3.01. The summed E-state index contributed by atoms with van der Waals surface area (Å²) in [7, 11) is 4.50. The monoisotopic (exact) mass is 302 g/mol. The number of phenolic OH excluding ortho intramolecular Hbond substituents is 1. The van der Waals surface area contributed by atoms with Gasteiger partial charge in [-0.25, -0.2) is 0 Å². The number of benzene rings is 2. The van der Waals surface area contributed by atoms with Crippen molar-refractivity contribution in [1.29, 1.82) is 0 Å². The second kappa shape index (κ2) is 6.39. The van der Waals surface area contributed by atoms with Gasteiger partial charge in [0.25, 0.3) is 0 Å². The minimum atomic E-state index is -0.0337. The summed E-state index contributed by atoms with van der Waals surface area (Å²) in [5.41, 5.74) is 0.876. The third-order valence-corrected chi connectivity index (χ3v) is 3.54. The Morgan fingerprint density at radius 1 is 1.14 bits per heavy atom. The second-order valence-corrected chi connectivity index (χ2v) is 4.64. The first-order valence-corrected chi connectivity index (χ1v) is 6.66. The molecule has 0 radical (unpaired) electrons. The van der Waals surface area contributed by atoms with Gasteiger partial charge in [0.1, 0.15) is 11.5 Å². The predicted octanol–water partition coefficient (Wildman–Crippen LogP) is 3.11. The number of aromatic hydroxyl groups is 1. The highest BCUT2D eigenvalue weighted by molar-refractivity contribution is 6.04. The molecule has 0 heterocycles. The van der Waals surface area contributed by atoms with Gasteiger partial charge in [-0.3, -0.25) is 4.79 Å². The number of ether oxygens (including phenoxy) is 3. The van der Waals surface area contributed by atoms with Crippen LogP contribution in [0.3, 0.4) is 0 Å². The van der Waals surface area contributed by atoms with Crippen molar-refractivity contribution in [2.24, 2.45) is 0 Å². The van der Waals surface area contributed by atoms with E-state index >= 15 is 0 Å². The van der Waals surface area contributed by atoms with Crippen molar-refractivity contribution < 1.29 is 24.1 Å². The zero-order valence-electron chi connectivity index (χ0n) is 12.8. The molecule has 0 unspecified atom stereocenters. The second-order valence-electron chi connectivity index (χ2n) is 4.64. The van der Waals surface area contributed by atoms with Crippen LogP contribution in [0.5, 0.6) is 23.0 Å². The van der Waals surface area contributed by atoms with Gasteiger partial charge in [-0.15, -0.1) is 6.58 Å². The number of fused-ring (bicyclic) bond motifs is 1. The number of carbonyl (C=O) groups is 1. The van der Waals surface area contributed by atoms with Gasteiger partial charge < -0.3 is 19.3 Å². The molecule has 0 saturated heterocycles. The molecular weight excluding hydrogens is 284 g/mol. The van der Waals surface area contributed by atoms with E-state index in [1.807, 2.05) is 0 Å². The van der Waals surface area contributed by atoms with Gasteiger partial charge in [0, 0.05) is 22.6 Å². The topological polar surface area (TPSA) is 65.0 Å². The maximum atomic E-state index is 11.3. The molecule has 0 spiro atoms. The number of aldehydes is 1. The molecule has 0 aromatic heterocycles. The van der Waals surface area contributed by atoms with Gasteiger partial charge in [0.05, 0.1) is 26.7 Å². The Morgan fingerprint density at radius 3 is 2.32 bits per heavy atom. The van der Waals surface area contributed by atoms with E-state index in [9.17, 15) is 9.90 Å². The van der Waals surface area contributed by atoms with Gasteiger partial charge in [-0.2, -0.15) is 0 Å². The van der Waals surface area contributed by atoms with Crippen LogP contribution in [0.1, 0.15) is 15.9 Å². The van der Waals surface area contributed by atoms with E-state index < -0.39 is 0 Å². The molecule has 0 bridgehead atoms. The Kier molecular flexibility index (Phi) is 4.56. The first-order chi connectivity index (χ1) is 10.6. The van der Waals surface area contributed by atoms with Crippen LogP contribution in [0.2, 0.25) is 0 Å². The van der Waals surface area contributed by atoms with E-state index in [4.69, 9.17) is 14.2 Å². The van der Waals surface area contributed by atoms with Crippen molar-refractivity contribution in [3.8, 4) is 23.0 Å². The maximum Gasteiger partial charge on any atom is 0.172 e. The maximum absolute atomic E-state index is 11.3. The molecule has 2 rings (SSSR count). The molecule has 0 fully saturated rings. The lowest BCUT2D eigenvalue weighted by Gasteiger charge is -2.17. The largest absolute Gasteiger partial charge is 0.507 e. The van der Waals surface area contributed by atoms with Gasteiger partial charge in [0.15, 0.2) is 17.8 Å². The molecule has 2 aromatic rings. The number of methoxy groups -OCH3 is 3. The van der Waals surface area contributed by atoms with Crippen LogP contribution in [-0.2, 0) is 6.42 Å². The highest BCUT2D eigenvalue weighted by atomic mass is 16.5. The molecule has 1 N–H and O–H groups in total. The third-order valence-electron chi connectivity index (χ3n) is 3.54. The number of hydrogen-bond donors (Lipinski definition) is 1. The fourth-order valence-electron chi connectivity index (χ4n) is 2.53. The number of carbonyl (C=O) groups excluding carboxylic acids is 1. The van der Waals surface area contributed by atoms with Gasteiger partial charge in [-0.1, -0.05) is 6.08 Å². The van der Waals surface area contributed by atoms with Crippen LogP contribution in [-0.4, -0.2) is 32.7 Å². The molecule has 5 heteroatoms. The van der Waals surface area contributed by atoms with Gasteiger partial charge in [-0.05, 0) is 12.5 Å². The highest BCUT2D eigenvalue weighted by Gasteiger charge is 2.21. The summed E-state index contributed by atoms with van der Waals surface area (Å²) in [5.74, 6) is 1.27.